The van der Waals surface area contributed by atoms with E-state index in [0.29, 0.717) is 50.7 Å². The number of nitrogens with zero attached hydrogens (tertiary/aromatic N) is 2. The summed E-state index contributed by atoms with van der Waals surface area (Å²) in [5, 5.41) is 11.4. The van der Waals surface area contributed by atoms with Crippen LogP contribution in [-0.2, 0) is 14.3 Å². The average molecular weight is 537 g/mol. The van der Waals surface area contributed by atoms with E-state index in [-0.39, 0.29) is 11.3 Å². The Balaban J connectivity index is 1.64. The van der Waals surface area contributed by atoms with Crippen LogP contribution in [0.4, 0.5) is 0 Å². The van der Waals surface area contributed by atoms with E-state index in [1.807, 2.05) is 37.3 Å². The van der Waals surface area contributed by atoms with Crippen molar-refractivity contribution in [2.24, 2.45) is 0 Å². The Hall–Kier alpha value is -3.36. The molecule has 1 unspecified atom stereocenters. The molecule has 4 rings (SSSR count). The van der Waals surface area contributed by atoms with Gasteiger partial charge in [-0.05, 0) is 49.1 Å². The first-order valence-corrected chi connectivity index (χ1v) is 14.1. The van der Waals surface area contributed by atoms with Crippen LogP contribution < -0.4 is 9.47 Å². The van der Waals surface area contributed by atoms with Crippen molar-refractivity contribution >= 4 is 17.4 Å². The molecular formula is C31H40N2O6. The molecule has 210 valence electrons. The first-order chi connectivity index (χ1) is 19.0. The van der Waals surface area contributed by atoms with E-state index in [0.717, 1.165) is 50.2 Å². The summed E-state index contributed by atoms with van der Waals surface area (Å²) in [6.07, 6.45) is 3.57. The van der Waals surface area contributed by atoms with Gasteiger partial charge in [-0.3, -0.25) is 14.5 Å². The SMILES string of the molecule is CCCCOc1ccc(C2/C(=C(\O)c3cccc(OCCC)c3)C(=O)C(=O)N2CCCN2CCOCC2)cc1. The van der Waals surface area contributed by atoms with Gasteiger partial charge in [-0.1, -0.05) is 44.5 Å². The Morgan fingerprint density at radius 1 is 0.923 bits per heavy atom. The Kier molecular flexibility index (Phi) is 10.4. The number of Topliss-reactive ketones (excluding diaryl/α,β-unsaturated/α-hetero) is 1. The van der Waals surface area contributed by atoms with E-state index in [9.17, 15) is 14.7 Å². The summed E-state index contributed by atoms with van der Waals surface area (Å²) < 4.78 is 17.0. The van der Waals surface area contributed by atoms with Gasteiger partial charge in [0.15, 0.2) is 0 Å². The molecule has 0 bridgehead atoms. The Labute approximate surface area is 231 Å². The smallest absolute Gasteiger partial charge is 0.295 e. The molecule has 8 heteroatoms. The lowest BCUT2D eigenvalue weighted by atomic mass is 9.95. The topological polar surface area (TPSA) is 88.5 Å². The minimum atomic E-state index is -0.695. The first-order valence-electron chi connectivity index (χ1n) is 14.1. The third-order valence-corrected chi connectivity index (χ3v) is 7.06. The van der Waals surface area contributed by atoms with Crippen molar-refractivity contribution in [3.63, 3.8) is 0 Å². The number of carbonyl (C=O) groups excluding carboxylic acids is 2. The molecule has 2 aliphatic rings. The fourth-order valence-corrected chi connectivity index (χ4v) is 4.94. The van der Waals surface area contributed by atoms with Gasteiger partial charge in [0.2, 0.25) is 0 Å². The number of likely N-dealkylation sites (tertiary alicyclic amines) is 1. The molecule has 2 fully saturated rings. The van der Waals surface area contributed by atoms with Crippen molar-refractivity contribution in [1.29, 1.82) is 0 Å². The van der Waals surface area contributed by atoms with E-state index in [2.05, 4.69) is 11.8 Å². The fraction of sp³-hybridized carbons (Fsp3) is 0.484. The highest BCUT2D eigenvalue weighted by Gasteiger charge is 2.45. The molecule has 39 heavy (non-hydrogen) atoms. The predicted molar refractivity (Wildman–Crippen MR) is 150 cm³/mol. The molecule has 0 spiro atoms. The summed E-state index contributed by atoms with van der Waals surface area (Å²) in [5.41, 5.74) is 1.29. The maximum absolute atomic E-state index is 13.4. The van der Waals surface area contributed by atoms with Crippen LogP contribution in [0.5, 0.6) is 11.5 Å². The molecule has 1 atom stereocenters. The number of rotatable bonds is 13. The minimum absolute atomic E-state index is 0.0960. The third-order valence-electron chi connectivity index (χ3n) is 7.06. The molecule has 1 amide bonds. The number of carbonyl (C=O) groups is 2. The van der Waals surface area contributed by atoms with E-state index < -0.39 is 17.7 Å². The Morgan fingerprint density at radius 3 is 2.38 bits per heavy atom. The highest BCUT2D eigenvalue weighted by Crippen LogP contribution is 2.40. The van der Waals surface area contributed by atoms with Gasteiger partial charge in [0.05, 0.1) is 38.0 Å². The number of hydrogen-bond acceptors (Lipinski definition) is 7. The van der Waals surface area contributed by atoms with Gasteiger partial charge in [0.25, 0.3) is 11.7 Å². The molecule has 2 heterocycles. The molecule has 0 aliphatic carbocycles. The van der Waals surface area contributed by atoms with Crippen LogP contribution in [0.2, 0.25) is 0 Å². The summed E-state index contributed by atoms with van der Waals surface area (Å²) in [4.78, 5) is 30.6. The first kappa shape index (κ1) is 28.6. The van der Waals surface area contributed by atoms with Gasteiger partial charge in [-0.25, -0.2) is 0 Å². The summed E-state index contributed by atoms with van der Waals surface area (Å²) >= 11 is 0. The predicted octanol–water partition coefficient (Wildman–Crippen LogP) is 4.80. The van der Waals surface area contributed by atoms with E-state index in [1.165, 1.54) is 0 Å². The maximum atomic E-state index is 13.4. The van der Waals surface area contributed by atoms with Gasteiger partial charge < -0.3 is 24.2 Å². The minimum Gasteiger partial charge on any atom is -0.507 e. The molecule has 2 aromatic rings. The van der Waals surface area contributed by atoms with Gasteiger partial charge in [-0.2, -0.15) is 0 Å². The van der Waals surface area contributed by atoms with E-state index >= 15 is 0 Å². The monoisotopic (exact) mass is 536 g/mol. The van der Waals surface area contributed by atoms with Crippen LogP contribution in [-0.4, -0.2) is 79.2 Å². The third kappa shape index (κ3) is 7.19. The van der Waals surface area contributed by atoms with Crippen LogP contribution in [0.1, 0.15) is 56.7 Å². The van der Waals surface area contributed by atoms with E-state index in [4.69, 9.17) is 14.2 Å². The van der Waals surface area contributed by atoms with Crippen LogP contribution in [0.3, 0.4) is 0 Å². The summed E-state index contributed by atoms with van der Waals surface area (Å²) in [6, 6.07) is 13.8. The highest BCUT2D eigenvalue weighted by atomic mass is 16.5. The normalized spacial score (nSPS) is 19.4. The van der Waals surface area contributed by atoms with Crippen molar-refractivity contribution in [3.8, 4) is 11.5 Å². The zero-order chi connectivity index (χ0) is 27.6. The van der Waals surface area contributed by atoms with Crippen LogP contribution in [0.15, 0.2) is 54.1 Å². The number of unbranched alkanes of at least 4 members (excludes halogenated alkanes) is 1. The number of amides is 1. The second-order valence-electron chi connectivity index (χ2n) is 9.95. The van der Waals surface area contributed by atoms with Gasteiger partial charge in [0.1, 0.15) is 17.3 Å². The molecule has 2 aromatic carbocycles. The Morgan fingerprint density at radius 2 is 1.67 bits per heavy atom. The van der Waals surface area contributed by atoms with Crippen molar-refractivity contribution in [2.75, 3.05) is 52.6 Å². The molecule has 1 N–H and O–H groups in total. The number of aliphatic hydroxyl groups excluding tert-OH is 1. The second-order valence-corrected chi connectivity index (χ2v) is 9.95. The lowest BCUT2D eigenvalue weighted by molar-refractivity contribution is -0.140. The van der Waals surface area contributed by atoms with Crippen molar-refractivity contribution in [1.82, 2.24) is 9.80 Å². The van der Waals surface area contributed by atoms with Crippen LogP contribution in [0, 0.1) is 0 Å². The fourth-order valence-electron chi connectivity index (χ4n) is 4.94. The van der Waals surface area contributed by atoms with Crippen LogP contribution >= 0.6 is 0 Å². The number of aliphatic hydroxyl groups is 1. The van der Waals surface area contributed by atoms with Crippen molar-refractivity contribution < 1.29 is 28.9 Å². The van der Waals surface area contributed by atoms with Crippen LogP contribution in [0.25, 0.3) is 5.76 Å². The van der Waals surface area contributed by atoms with E-state index in [1.54, 1.807) is 23.1 Å². The lowest BCUT2D eigenvalue weighted by Gasteiger charge is -2.29. The molecule has 2 aliphatic heterocycles. The Bertz CT molecular complexity index is 1140. The zero-order valence-corrected chi connectivity index (χ0v) is 23.1. The number of benzene rings is 2. The largest absolute Gasteiger partial charge is 0.507 e. The summed E-state index contributed by atoms with van der Waals surface area (Å²) in [6.45, 7) is 9.64. The summed E-state index contributed by atoms with van der Waals surface area (Å²) in [7, 11) is 0. The lowest BCUT2D eigenvalue weighted by Crippen LogP contribution is -2.38. The molecule has 0 radical (unpaired) electrons. The van der Waals surface area contributed by atoms with Gasteiger partial charge in [0, 0.05) is 31.7 Å². The number of morpholine rings is 1. The number of ketones is 1. The molecular weight excluding hydrogens is 496 g/mol. The van der Waals surface area contributed by atoms with Crippen molar-refractivity contribution in [2.45, 2.75) is 45.6 Å². The summed E-state index contributed by atoms with van der Waals surface area (Å²) in [5.74, 6) is -0.125. The highest BCUT2D eigenvalue weighted by molar-refractivity contribution is 6.46. The molecule has 8 nitrogen and oxygen atoms in total. The maximum Gasteiger partial charge on any atom is 0.295 e. The second kappa shape index (κ2) is 14.1. The quantitative estimate of drug-likeness (QED) is 0.170. The van der Waals surface area contributed by atoms with Gasteiger partial charge >= 0.3 is 0 Å². The van der Waals surface area contributed by atoms with Gasteiger partial charge in [-0.15, -0.1) is 0 Å². The molecule has 0 aromatic heterocycles. The standard InChI is InChI=1S/C31H40N2O6/c1-3-5-19-39-25-12-10-23(11-13-25)28-27(29(34)24-8-6-9-26(22-24)38-18-4-2)30(35)31(36)33(28)15-7-14-32-16-20-37-21-17-32/h6,8-13,22,28,34H,3-5,7,14-21H2,1-2H3/b29-27+. The number of ether oxygens (including phenoxy) is 3. The molecule has 0 saturated carbocycles. The van der Waals surface area contributed by atoms with Crippen molar-refractivity contribution in [3.05, 3.63) is 65.2 Å². The molecule has 2 saturated heterocycles. The number of hydrogen-bond donors (Lipinski definition) is 1. The zero-order valence-electron chi connectivity index (χ0n) is 23.1. The average Bonchev–Trinajstić information content (AvgIpc) is 3.22.